The fraction of sp³-hybridized carbons (Fsp3) is 0.259. The van der Waals surface area contributed by atoms with Gasteiger partial charge in [0, 0.05) is 24.8 Å². The summed E-state index contributed by atoms with van der Waals surface area (Å²) < 4.78 is 38.8. The van der Waals surface area contributed by atoms with Crippen molar-refractivity contribution in [3.63, 3.8) is 0 Å². The first-order valence-electron chi connectivity index (χ1n) is 11.8. The Labute approximate surface area is 218 Å². The van der Waals surface area contributed by atoms with E-state index in [4.69, 9.17) is 9.47 Å². The zero-order chi connectivity index (χ0) is 26.8. The number of amides is 1. The first kappa shape index (κ1) is 27.5. The Morgan fingerprint density at radius 1 is 0.946 bits per heavy atom. The minimum absolute atomic E-state index is 0.0319. The lowest BCUT2D eigenvalue weighted by molar-refractivity contribution is -0.119. The van der Waals surface area contributed by atoms with Gasteiger partial charge in [0.1, 0.15) is 18.0 Å². The molecule has 0 radical (unpaired) electrons. The molecule has 37 heavy (non-hydrogen) atoms. The Balaban J connectivity index is 1.84. The molecule has 0 atom stereocenters. The molecule has 3 aromatic carbocycles. The van der Waals surface area contributed by atoms with E-state index < -0.39 is 22.5 Å². The second-order valence-corrected chi connectivity index (χ2v) is 9.78. The number of methoxy groups -OCH3 is 2. The van der Waals surface area contributed by atoms with Crippen LogP contribution in [-0.4, -0.2) is 54.4 Å². The molecule has 0 aromatic heterocycles. The molecule has 0 saturated carbocycles. The second-order valence-electron chi connectivity index (χ2n) is 7.92. The molecule has 0 aliphatic heterocycles. The molecule has 0 aliphatic rings. The molecule has 0 aliphatic carbocycles. The van der Waals surface area contributed by atoms with Crippen LogP contribution in [0.1, 0.15) is 19.4 Å². The molecule has 0 heterocycles. The smallest absolute Gasteiger partial charge is 0.264 e. The van der Waals surface area contributed by atoms with Crippen LogP contribution in [0, 0.1) is 0 Å². The van der Waals surface area contributed by atoms with Gasteiger partial charge >= 0.3 is 0 Å². The van der Waals surface area contributed by atoms with E-state index in [1.807, 2.05) is 24.3 Å². The molecular weight excluding hydrogens is 492 g/mol. The molecule has 9 nitrogen and oxygen atoms in total. The summed E-state index contributed by atoms with van der Waals surface area (Å²) in [6.45, 7) is 5.47. The third-order valence-corrected chi connectivity index (χ3v) is 7.47. The van der Waals surface area contributed by atoms with E-state index >= 15 is 0 Å². The number of carbonyl (C=O) groups is 1. The molecule has 0 bridgehead atoms. The quantitative estimate of drug-likeness (QED) is 0.285. The highest BCUT2D eigenvalue weighted by molar-refractivity contribution is 7.92. The average Bonchev–Trinajstić information content (AvgIpc) is 2.93. The summed E-state index contributed by atoms with van der Waals surface area (Å²) in [5.41, 5.74) is 4.47. The number of sulfonamides is 1. The van der Waals surface area contributed by atoms with Crippen molar-refractivity contribution in [3.8, 4) is 11.5 Å². The Morgan fingerprint density at radius 2 is 1.62 bits per heavy atom. The maximum absolute atomic E-state index is 13.6. The highest BCUT2D eigenvalue weighted by Crippen LogP contribution is 2.35. The van der Waals surface area contributed by atoms with Gasteiger partial charge in [-0.25, -0.2) is 13.8 Å². The zero-order valence-corrected chi connectivity index (χ0v) is 22.2. The van der Waals surface area contributed by atoms with Gasteiger partial charge < -0.3 is 14.4 Å². The number of hydrogen-bond acceptors (Lipinski definition) is 7. The third kappa shape index (κ3) is 6.79. The molecule has 3 rings (SSSR count). The molecule has 10 heteroatoms. The van der Waals surface area contributed by atoms with Crippen molar-refractivity contribution in [2.45, 2.75) is 18.7 Å². The van der Waals surface area contributed by atoms with Crippen LogP contribution in [0.2, 0.25) is 0 Å². The standard InChI is InChI=1S/C27H32N4O5S/c1-5-30(6-2)22-14-12-21(13-15-22)19-28-29-27(32)20-31(37(33,34)24-10-8-7-9-11-24)25-18-23(35-3)16-17-26(25)36-4/h7-19H,5-6,20H2,1-4H3,(H,29,32)/b28-19-. The predicted molar refractivity (Wildman–Crippen MR) is 146 cm³/mol. The first-order valence-corrected chi connectivity index (χ1v) is 13.2. The molecule has 0 spiro atoms. The van der Waals surface area contributed by atoms with Crippen LogP contribution in [0.3, 0.4) is 0 Å². The normalized spacial score (nSPS) is 11.2. The molecular formula is C27H32N4O5S. The van der Waals surface area contributed by atoms with Gasteiger partial charge in [-0.2, -0.15) is 5.10 Å². The van der Waals surface area contributed by atoms with Crippen molar-refractivity contribution in [1.82, 2.24) is 5.43 Å². The molecule has 1 amide bonds. The minimum atomic E-state index is -4.12. The van der Waals surface area contributed by atoms with E-state index in [-0.39, 0.29) is 16.3 Å². The van der Waals surface area contributed by atoms with Gasteiger partial charge in [0.25, 0.3) is 15.9 Å². The number of hydrogen-bond donors (Lipinski definition) is 1. The van der Waals surface area contributed by atoms with Gasteiger partial charge in [-0.05, 0) is 55.8 Å². The number of nitrogens with zero attached hydrogens (tertiary/aromatic N) is 3. The van der Waals surface area contributed by atoms with Gasteiger partial charge in [-0.1, -0.05) is 30.3 Å². The first-order chi connectivity index (χ1) is 17.8. The van der Waals surface area contributed by atoms with Crippen molar-refractivity contribution in [2.24, 2.45) is 5.10 Å². The number of rotatable bonds is 12. The molecule has 0 unspecified atom stereocenters. The lowest BCUT2D eigenvalue weighted by atomic mass is 10.2. The summed E-state index contributed by atoms with van der Waals surface area (Å²) in [4.78, 5) is 15.1. The lowest BCUT2D eigenvalue weighted by Crippen LogP contribution is -2.39. The van der Waals surface area contributed by atoms with Crippen molar-refractivity contribution in [1.29, 1.82) is 0 Å². The number of anilines is 2. The van der Waals surface area contributed by atoms with Crippen LogP contribution in [0.25, 0.3) is 0 Å². The summed E-state index contributed by atoms with van der Waals surface area (Å²) in [7, 11) is -1.23. The van der Waals surface area contributed by atoms with E-state index in [2.05, 4.69) is 29.3 Å². The summed E-state index contributed by atoms with van der Waals surface area (Å²) in [5, 5.41) is 4.02. The lowest BCUT2D eigenvalue weighted by Gasteiger charge is -2.25. The van der Waals surface area contributed by atoms with Crippen LogP contribution < -0.4 is 24.1 Å². The van der Waals surface area contributed by atoms with Gasteiger partial charge in [-0.15, -0.1) is 0 Å². The van der Waals surface area contributed by atoms with Crippen molar-refractivity contribution in [3.05, 3.63) is 78.4 Å². The predicted octanol–water partition coefficient (Wildman–Crippen LogP) is 3.90. The maximum Gasteiger partial charge on any atom is 0.264 e. The van der Waals surface area contributed by atoms with Crippen molar-refractivity contribution < 1.29 is 22.7 Å². The van der Waals surface area contributed by atoms with E-state index in [0.29, 0.717) is 5.75 Å². The highest BCUT2D eigenvalue weighted by Gasteiger charge is 2.29. The topological polar surface area (TPSA) is 101 Å². The Kier molecular flexibility index (Phi) is 9.51. The summed E-state index contributed by atoms with van der Waals surface area (Å²) in [5.74, 6) is 0.0564. The van der Waals surface area contributed by atoms with Gasteiger partial charge in [-0.3, -0.25) is 9.10 Å². The Bertz CT molecular complexity index is 1310. The number of hydrazone groups is 1. The van der Waals surface area contributed by atoms with Gasteiger partial charge in [0.15, 0.2) is 0 Å². The Hall–Kier alpha value is -4.05. The van der Waals surface area contributed by atoms with Crippen molar-refractivity contribution >= 4 is 33.5 Å². The molecule has 196 valence electrons. The summed E-state index contributed by atoms with van der Waals surface area (Å²) in [6, 6.07) is 20.4. The fourth-order valence-electron chi connectivity index (χ4n) is 3.72. The van der Waals surface area contributed by atoms with Crippen LogP contribution in [0.5, 0.6) is 11.5 Å². The van der Waals surface area contributed by atoms with Crippen LogP contribution in [0.15, 0.2) is 82.8 Å². The zero-order valence-electron chi connectivity index (χ0n) is 21.4. The van der Waals surface area contributed by atoms with Crippen LogP contribution in [-0.2, 0) is 14.8 Å². The van der Waals surface area contributed by atoms with Crippen LogP contribution >= 0.6 is 0 Å². The number of benzene rings is 3. The van der Waals surface area contributed by atoms with Crippen LogP contribution in [0.4, 0.5) is 11.4 Å². The number of carbonyl (C=O) groups excluding carboxylic acids is 1. The maximum atomic E-state index is 13.6. The number of nitrogens with one attached hydrogen (secondary N) is 1. The minimum Gasteiger partial charge on any atom is -0.497 e. The highest BCUT2D eigenvalue weighted by atomic mass is 32.2. The monoisotopic (exact) mass is 524 g/mol. The Morgan fingerprint density at radius 3 is 2.22 bits per heavy atom. The third-order valence-electron chi connectivity index (χ3n) is 5.70. The number of ether oxygens (including phenoxy) is 2. The summed E-state index contributed by atoms with van der Waals surface area (Å²) in [6.07, 6.45) is 1.51. The molecule has 1 N–H and O–H groups in total. The largest absolute Gasteiger partial charge is 0.497 e. The van der Waals surface area contributed by atoms with E-state index in [1.165, 1.54) is 38.6 Å². The average molecular weight is 525 g/mol. The molecule has 0 saturated heterocycles. The SMILES string of the molecule is CCN(CC)c1ccc(/C=N\NC(=O)CN(c2cc(OC)ccc2OC)S(=O)(=O)c2ccccc2)cc1. The van der Waals surface area contributed by atoms with E-state index in [0.717, 1.165) is 28.6 Å². The van der Waals surface area contributed by atoms with E-state index in [1.54, 1.807) is 30.3 Å². The van der Waals surface area contributed by atoms with Crippen molar-refractivity contribution in [2.75, 3.05) is 43.1 Å². The van der Waals surface area contributed by atoms with Gasteiger partial charge in [0.05, 0.1) is 31.0 Å². The molecule has 0 fully saturated rings. The van der Waals surface area contributed by atoms with E-state index in [9.17, 15) is 13.2 Å². The summed E-state index contributed by atoms with van der Waals surface area (Å²) >= 11 is 0. The van der Waals surface area contributed by atoms with Gasteiger partial charge in [0.2, 0.25) is 0 Å². The second kappa shape index (κ2) is 12.8. The molecule has 3 aromatic rings. The fourth-order valence-corrected chi connectivity index (χ4v) is 5.16.